The zero-order valence-electron chi connectivity index (χ0n) is 14.8. The van der Waals surface area contributed by atoms with Gasteiger partial charge in [-0.3, -0.25) is 9.80 Å². The smallest absolute Gasteiger partial charge is 0.127 e. The highest BCUT2D eigenvalue weighted by molar-refractivity contribution is 5.20. The summed E-state index contributed by atoms with van der Waals surface area (Å²) in [5.41, 5.74) is 0.818. The molecule has 134 valence electrons. The quantitative estimate of drug-likeness (QED) is 0.793. The minimum atomic E-state index is -0.0852. The number of ether oxygens (including phenoxy) is 1. The number of benzene rings is 1. The van der Waals surface area contributed by atoms with Crippen LogP contribution in [0.15, 0.2) is 24.3 Å². The molecule has 1 aromatic rings. The van der Waals surface area contributed by atoms with Gasteiger partial charge in [0, 0.05) is 50.9 Å². The number of halogens is 1. The molecular weight excluding hydrogens is 305 g/mol. The van der Waals surface area contributed by atoms with Crippen molar-refractivity contribution in [2.45, 2.75) is 19.4 Å². The SMILES string of the molecule is C[C@H](c1ccccc1F)N1CCN(CCCN2CCOCC2)CC1. The first kappa shape index (κ1) is 17.8. The summed E-state index contributed by atoms with van der Waals surface area (Å²) in [6.45, 7) is 12.6. The second kappa shape index (κ2) is 8.90. The van der Waals surface area contributed by atoms with E-state index in [0.29, 0.717) is 0 Å². The number of rotatable bonds is 6. The highest BCUT2D eigenvalue weighted by Crippen LogP contribution is 2.23. The summed E-state index contributed by atoms with van der Waals surface area (Å²) in [4.78, 5) is 7.45. The third kappa shape index (κ3) is 4.76. The van der Waals surface area contributed by atoms with Crippen LogP contribution < -0.4 is 0 Å². The molecule has 4 nitrogen and oxygen atoms in total. The lowest BCUT2D eigenvalue weighted by Crippen LogP contribution is -2.48. The Kier molecular flexibility index (Phi) is 6.60. The summed E-state index contributed by atoms with van der Waals surface area (Å²) in [5, 5.41) is 0. The van der Waals surface area contributed by atoms with Crippen molar-refractivity contribution in [3.05, 3.63) is 35.6 Å². The molecular formula is C19H30FN3O. The maximum absolute atomic E-state index is 14.0. The van der Waals surface area contributed by atoms with Crippen LogP contribution in [0.25, 0.3) is 0 Å². The van der Waals surface area contributed by atoms with E-state index in [1.165, 1.54) is 19.5 Å². The van der Waals surface area contributed by atoms with E-state index in [4.69, 9.17) is 4.74 Å². The molecule has 2 saturated heterocycles. The maximum atomic E-state index is 14.0. The highest BCUT2D eigenvalue weighted by Gasteiger charge is 2.23. The van der Waals surface area contributed by atoms with Crippen LogP contribution in [-0.4, -0.2) is 80.3 Å². The minimum absolute atomic E-state index is 0.0852. The van der Waals surface area contributed by atoms with Crippen LogP contribution in [0.3, 0.4) is 0 Å². The number of hydrogen-bond acceptors (Lipinski definition) is 4. The van der Waals surface area contributed by atoms with E-state index in [2.05, 4.69) is 21.6 Å². The van der Waals surface area contributed by atoms with Gasteiger partial charge in [0.25, 0.3) is 0 Å². The topological polar surface area (TPSA) is 19.0 Å². The van der Waals surface area contributed by atoms with Gasteiger partial charge in [-0.05, 0) is 32.5 Å². The predicted octanol–water partition coefficient (Wildman–Crippen LogP) is 2.23. The van der Waals surface area contributed by atoms with Crippen LogP contribution in [0.5, 0.6) is 0 Å². The van der Waals surface area contributed by atoms with Crippen molar-refractivity contribution in [3.63, 3.8) is 0 Å². The first-order chi connectivity index (χ1) is 11.7. The second-order valence-corrected chi connectivity index (χ2v) is 6.88. The molecule has 0 amide bonds. The van der Waals surface area contributed by atoms with Crippen LogP contribution in [0.4, 0.5) is 4.39 Å². The second-order valence-electron chi connectivity index (χ2n) is 6.88. The Labute approximate surface area is 145 Å². The van der Waals surface area contributed by atoms with Gasteiger partial charge in [-0.25, -0.2) is 4.39 Å². The van der Waals surface area contributed by atoms with E-state index >= 15 is 0 Å². The molecule has 0 radical (unpaired) electrons. The molecule has 0 bridgehead atoms. The molecule has 2 heterocycles. The molecule has 1 atom stereocenters. The van der Waals surface area contributed by atoms with Crippen molar-refractivity contribution in [2.24, 2.45) is 0 Å². The van der Waals surface area contributed by atoms with Gasteiger partial charge in [-0.15, -0.1) is 0 Å². The van der Waals surface area contributed by atoms with Gasteiger partial charge in [0.1, 0.15) is 5.82 Å². The molecule has 2 aliphatic rings. The van der Waals surface area contributed by atoms with Gasteiger partial charge >= 0.3 is 0 Å². The minimum Gasteiger partial charge on any atom is -0.379 e. The Bertz CT molecular complexity index is 499. The van der Waals surface area contributed by atoms with E-state index in [1.807, 2.05) is 12.1 Å². The van der Waals surface area contributed by atoms with Gasteiger partial charge in [0.05, 0.1) is 13.2 Å². The Morgan fingerprint density at radius 1 is 0.958 bits per heavy atom. The van der Waals surface area contributed by atoms with Gasteiger partial charge in [0.15, 0.2) is 0 Å². The fraction of sp³-hybridized carbons (Fsp3) is 0.684. The van der Waals surface area contributed by atoms with Gasteiger partial charge < -0.3 is 9.64 Å². The maximum Gasteiger partial charge on any atom is 0.127 e. The molecule has 2 fully saturated rings. The Hall–Kier alpha value is -1.01. The number of nitrogens with zero attached hydrogens (tertiary/aromatic N) is 3. The molecule has 1 aromatic carbocycles. The van der Waals surface area contributed by atoms with E-state index < -0.39 is 0 Å². The third-order valence-electron chi connectivity index (χ3n) is 5.36. The summed E-state index contributed by atoms with van der Waals surface area (Å²) < 4.78 is 19.4. The molecule has 0 unspecified atom stereocenters. The average molecular weight is 335 g/mol. The molecule has 24 heavy (non-hydrogen) atoms. The van der Waals surface area contributed by atoms with E-state index in [9.17, 15) is 4.39 Å². The van der Waals surface area contributed by atoms with Crippen LogP contribution in [0, 0.1) is 5.82 Å². The fourth-order valence-corrected chi connectivity index (χ4v) is 3.73. The summed E-state index contributed by atoms with van der Waals surface area (Å²) in [7, 11) is 0. The molecule has 0 aliphatic carbocycles. The summed E-state index contributed by atoms with van der Waals surface area (Å²) in [6, 6.07) is 7.32. The van der Waals surface area contributed by atoms with Crippen molar-refractivity contribution in [1.82, 2.24) is 14.7 Å². The van der Waals surface area contributed by atoms with Crippen molar-refractivity contribution in [2.75, 3.05) is 65.6 Å². The Balaban J connectivity index is 1.38. The molecule has 5 heteroatoms. The standard InChI is InChI=1S/C19H30FN3O/c1-17(18-5-2-3-6-19(18)20)23-11-9-21(10-12-23)7-4-8-22-13-15-24-16-14-22/h2-3,5-6,17H,4,7-16H2,1H3/t17-/m1/s1. The van der Waals surface area contributed by atoms with Crippen molar-refractivity contribution >= 4 is 0 Å². The van der Waals surface area contributed by atoms with Gasteiger partial charge in [0.2, 0.25) is 0 Å². The lowest BCUT2D eigenvalue weighted by Gasteiger charge is -2.38. The fourth-order valence-electron chi connectivity index (χ4n) is 3.73. The molecule has 0 saturated carbocycles. The molecule has 0 aromatic heterocycles. The first-order valence-electron chi connectivity index (χ1n) is 9.25. The third-order valence-corrected chi connectivity index (χ3v) is 5.36. The number of morpholine rings is 1. The summed E-state index contributed by atoms with van der Waals surface area (Å²) in [6.07, 6.45) is 1.23. The zero-order valence-corrected chi connectivity index (χ0v) is 14.8. The lowest BCUT2D eigenvalue weighted by atomic mass is 10.1. The predicted molar refractivity (Wildman–Crippen MR) is 94.7 cm³/mol. The average Bonchev–Trinajstić information content (AvgIpc) is 2.63. The van der Waals surface area contributed by atoms with Gasteiger partial charge in [-0.2, -0.15) is 0 Å². The summed E-state index contributed by atoms with van der Waals surface area (Å²) in [5.74, 6) is -0.0852. The van der Waals surface area contributed by atoms with Crippen LogP contribution in [0.2, 0.25) is 0 Å². The lowest BCUT2D eigenvalue weighted by molar-refractivity contribution is 0.0345. The first-order valence-corrected chi connectivity index (χ1v) is 9.25. The van der Waals surface area contributed by atoms with Crippen LogP contribution in [-0.2, 0) is 4.74 Å². The molecule has 0 N–H and O–H groups in total. The Morgan fingerprint density at radius 2 is 1.58 bits per heavy atom. The Morgan fingerprint density at radius 3 is 2.25 bits per heavy atom. The zero-order chi connectivity index (χ0) is 16.8. The van der Waals surface area contributed by atoms with E-state index in [0.717, 1.165) is 58.0 Å². The van der Waals surface area contributed by atoms with Crippen molar-refractivity contribution in [1.29, 1.82) is 0 Å². The van der Waals surface area contributed by atoms with Crippen LogP contribution in [0.1, 0.15) is 24.9 Å². The largest absolute Gasteiger partial charge is 0.379 e. The molecule has 3 rings (SSSR count). The monoisotopic (exact) mass is 335 g/mol. The number of piperazine rings is 1. The van der Waals surface area contributed by atoms with Crippen molar-refractivity contribution in [3.8, 4) is 0 Å². The summed E-state index contributed by atoms with van der Waals surface area (Å²) >= 11 is 0. The highest BCUT2D eigenvalue weighted by atomic mass is 19.1. The van der Waals surface area contributed by atoms with E-state index in [-0.39, 0.29) is 11.9 Å². The van der Waals surface area contributed by atoms with Crippen LogP contribution >= 0.6 is 0 Å². The van der Waals surface area contributed by atoms with E-state index in [1.54, 1.807) is 12.1 Å². The molecule has 0 spiro atoms. The van der Waals surface area contributed by atoms with Crippen molar-refractivity contribution < 1.29 is 9.13 Å². The van der Waals surface area contributed by atoms with Gasteiger partial charge in [-0.1, -0.05) is 18.2 Å². The normalized spacial score (nSPS) is 22.6. The molecule has 2 aliphatic heterocycles. The number of hydrogen-bond donors (Lipinski definition) is 0.